The molecule has 3 N–H and O–H groups in total. The molecular weight excluding hydrogens is 296 g/mol. The van der Waals surface area contributed by atoms with Crippen molar-refractivity contribution in [2.75, 3.05) is 6.54 Å². The molecule has 126 valence electrons. The summed E-state index contributed by atoms with van der Waals surface area (Å²) in [6.07, 6.45) is 1.03. The normalized spacial score (nSPS) is 11.8. The van der Waals surface area contributed by atoms with Crippen molar-refractivity contribution in [2.24, 2.45) is 5.92 Å². The largest absolute Gasteiger partial charge is 0.480 e. The van der Waals surface area contributed by atoms with Gasteiger partial charge in [0.2, 0.25) is 5.91 Å². The van der Waals surface area contributed by atoms with Crippen molar-refractivity contribution < 1.29 is 19.5 Å². The van der Waals surface area contributed by atoms with E-state index >= 15 is 0 Å². The number of amides is 2. The van der Waals surface area contributed by atoms with E-state index in [1.54, 1.807) is 24.3 Å². The Kier molecular flexibility index (Phi) is 7.80. The van der Waals surface area contributed by atoms with Crippen LogP contribution in [-0.2, 0) is 9.59 Å². The first kappa shape index (κ1) is 18.7. The summed E-state index contributed by atoms with van der Waals surface area (Å²) in [5.41, 5.74) is 0.569. The van der Waals surface area contributed by atoms with Crippen LogP contribution in [0.3, 0.4) is 0 Å². The fraction of sp³-hybridized carbons (Fsp3) is 0.471. The predicted octanol–water partition coefficient (Wildman–Crippen LogP) is 1.81. The third-order valence-electron chi connectivity index (χ3n) is 3.24. The average molecular weight is 320 g/mol. The van der Waals surface area contributed by atoms with Crippen LogP contribution in [0, 0.1) is 5.92 Å². The maximum Gasteiger partial charge on any atom is 0.326 e. The topological polar surface area (TPSA) is 95.5 Å². The molecule has 0 heterocycles. The van der Waals surface area contributed by atoms with Gasteiger partial charge in [-0.2, -0.15) is 0 Å². The number of rotatable bonds is 9. The van der Waals surface area contributed by atoms with Gasteiger partial charge in [-0.05, 0) is 30.9 Å². The van der Waals surface area contributed by atoms with Crippen molar-refractivity contribution in [3.05, 3.63) is 35.9 Å². The zero-order chi connectivity index (χ0) is 17.2. The molecule has 0 aromatic heterocycles. The maximum atomic E-state index is 11.8. The first-order valence-corrected chi connectivity index (χ1v) is 7.75. The Hall–Kier alpha value is -2.37. The zero-order valence-corrected chi connectivity index (χ0v) is 13.5. The summed E-state index contributed by atoms with van der Waals surface area (Å²) in [7, 11) is 0. The Bertz CT molecular complexity index is 529. The molecule has 0 saturated carbocycles. The molecule has 0 unspecified atom stereocenters. The Labute approximate surface area is 136 Å². The van der Waals surface area contributed by atoms with Crippen LogP contribution in [0.5, 0.6) is 0 Å². The molecule has 0 fully saturated rings. The number of carboxylic acid groups (broad SMARTS) is 1. The van der Waals surface area contributed by atoms with E-state index in [0.717, 1.165) is 0 Å². The van der Waals surface area contributed by atoms with Crippen LogP contribution in [0.25, 0.3) is 0 Å². The number of hydrogen-bond donors (Lipinski definition) is 3. The lowest BCUT2D eigenvalue weighted by Gasteiger charge is -2.16. The summed E-state index contributed by atoms with van der Waals surface area (Å²) in [5, 5.41) is 14.3. The number of carboxylic acids is 1. The molecule has 0 bridgehead atoms. The summed E-state index contributed by atoms with van der Waals surface area (Å²) in [6, 6.07) is 7.96. The van der Waals surface area contributed by atoms with E-state index in [4.69, 9.17) is 5.11 Å². The fourth-order valence-corrected chi connectivity index (χ4v) is 2.10. The minimum Gasteiger partial charge on any atom is -0.480 e. The van der Waals surface area contributed by atoms with Gasteiger partial charge in [0.05, 0.1) is 0 Å². The minimum atomic E-state index is -1.02. The van der Waals surface area contributed by atoms with Gasteiger partial charge in [-0.1, -0.05) is 32.0 Å². The van der Waals surface area contributed by atoms with E-state index in [1.807, 2.05) is 19.9 Å². The first-order valence-electron chi connectivity index (χ1n) is 7.75. The van der Waals surface area contributed by atoms with Crippen LogP contribution in [0.2, 0.25) is 0 Å². The summed E-state index contributed by atoms with van der Waals surface area (Å²) in [5.74, 6) is -1.34. The first-order chi connectivity index (χ1) is 10.9. The van der Waals surface area contributed by atoms with E-state index in [1.165, 1.54) is 0 Å². The van der Waals surface area contributed by atoms with Crippen LogP contribution in [0.4, 0.5) is 0 Å². The van der Waals surface area contributed by atoms with Crippen LogP contribution >= 0.6 is 0 Å². The molecular formula is C17H24N2O4. The Morgan fingerprint density at radius 2 is 1.78 bits per heavy atom. The Morgan fingerprint density at radius 3 is 2.35 bits per heavy atom. The molecule has 0 aliphatic rings. The highest BCUT2D eigenvalue weighted by Crippen LogP contribution is 2.05. The van der Waals surface area contributed by atoms with Crippen molar-refractivity contribution in [3.8, 4) is 0 Å². The van der Waals surface area contributed by atoms with Crippen LogP contribution < -0.4 is 10.6 Å². The molecule has 6 nitrogen and oxygen atoms in total. The lowest BCUT2D eigenvalue weighted by atomic mass is 10.0. The Morgan fingerprint density at radius 1 is 1.13 bits per heavy atom. The van der Waals surface area contributed by atoms with Gasteiger partial charge in [0.15, 0.2) is 0 Å². The van der Waals surface area contributed by atoms with Crippen LogP contribution in [-0.4, -0.2) is 35.5 Å². The summed E-state index contributed by atoms with van der Waals surface area (Å²) < 4.78 is 0. The summed E-state index contributed by atoms with van der Waals surface area (Å²) >= 11 is 0. The molecule has 0 spiro atoms. The highest BCUT2D eigenvalue weighted by Gasteiger charge is 2.20. The van der Waals surface area contributed by atoms with Gasteiger partial charge in [-0.15, -0.1) is 0 Å². The molecule has 1 rings (SSSR count). The predicted molar refractivity (Wildman–Crippen MR) is 87.0 cm³/mol. The molecule has 0 aliphatic carbocycles. The second-order valence-corrected chi connectivity index (χ2v) is 5.81. The number of benzene rings is 1. The standard InChI is InChI=1S/C17H24N2O4/c1-12(2)11-14(17(22)23)19-15(20)9-6-10-18-16(21)13-7-4-3-5-8-13/h3-5,7-8,12,14H,6,9-11H2,1-2H3,(H,18,21)(H,19,20)(H,22,23)/t14-/m1/s1. The maximum absolute atomic E-state index is 11.8. The highest BCUT2D eigenvalue weighted by molar-refractivity contribution is 5.94. The SMILES string of the molecule is CC(C)C[C@@H](NC(=O)CCCNC(=O)c1ccccc1)C(=O)O. The van der Waals surface area contributed by atoms with Crippen molar-refractivity contribution in [1.82, 2.24) is 10.6 Å². The van der Waals surface area contributed by atoms with Gasteiger partial charge in [-0.25, -0.2) is 4.79 Å². The van der Waals surface area contributed by atoms with Crippen molar-refractivity contribution in [2.45, 2.75) is 39.2 Å². The van der Waals surface area contributed by atoms with E-state index in [9.17, 15) is 14.4 Å². The van der Waals surface area contributed by atoms with Gasteiger partial charge in [0.1, 0.15) is 6.04 Å². The quantitative estimate of drug-likeness (QED) is 0.605. The van der Waals surface area contributed by atoms with Crippen molar-refractivity contribution in [3.63, 3.8) is 0 Å². The van der Waals surface area contributed by atoms with Crippen molar-refractivity contribution in [1.29, 1.82) is 0 Å². The van der Waals surface area contributed by atoms with Gasteiger partial charge < -0.3 is 15.7 Å². The number of carbonyl (C=O) groups is 3. The molecule has 2 amide bonds. The molecule has 23 heavy (non-hydrogen) atoms. The van der Waals surface area contributed by atoms with Crippen LogP contribution in [0.1, 0.15) is 43.5 Å². The molecule has 0 radical (unpaired) electrons. The number of nitrogens with one attached hydrogen (secondary N) is 2. The molecule has 6 heteroatoms. The highest BCUT2D eigenvalue weighted by atomic mass is 16.4. The van der Waals surface area contributed by atoms with E-state index in [-0.39, 0.29) is 24.2 Å². The van der Waals surface area contributed by atoms with Gasteiger partial charge in [0, 0.05) is 18.5 Å². The molecule has 0 saturated heterocycles. The van der Waals surface area contributed by atoms with Crippen molar-refractivity contribution >= 4 is 17.8 Å². The number of carbonyl (C=O) groups excluding carboxylic acids is 2. The van der Waals surface area contributed by atoms with Gasteiger partial charge in [0.25, 0.3) is 5.91 Å². The summed E-state index contributed by atoms with van der Waals surface area (Å²) in [6.45, 7) is 4.17. The second-order valence-electron chi connectivity index (χ2n) is 5.81. The third-order valence-corrected chi connectivity index (χ3v) is 3.24. The molecule has 1 atom stereocenters. The zero-order valence-electron chi connectivity index (χ0n) is 13.5. The number of hydrogen-bond acceptors (Lipinski definition) is 3. The fourth-order valence-electron chi connectivity index (χ4n) is 2.10. The Balaban J connectivity index is 2.28. The third kappa shape index (κ3) is 7.44. The lowest BCUT2D eigenvalue weighted by molar-refractivity contribution is -0.142. The smallest absolute Gasteiger partial charge is 0.326 e. The monoisotopic (exact) mass is 320 g/mol. The number of aliphatic carboxylic acids is 1. The minimum absolute atomic E-state index is 0.178. The van der Waals surface area contributed by atoms with Gasteiger partial charge in [-0.3, -0.25) is 9.59 Å². The lowest BCUT2D eigenvalue weighted by Crippen LogP contribution is -2.41. The van der Waals surface area contributed by atoms with E-state index in [2.05, 4.69) is 10.6 Å². The average Bonchev–Trinajstić information content (AvgIpc) is 2.51. The van der Waals surface area contributed by atoms with Crippen LogP contribution in [0.15, 0.2) is 30.3 Å². The summed E-state index contributed by atoms with van der Waals surface area (Å²) in [4.78, 5) is 34.6. The second kappa shape index (κ2) is 9.61. The molecule has 0 aliphatic heterocycles. The van der Waals surface area contributed by atoms with E-state index in [0.29, 0.717) is 24.9 Å². The van der Waals surface area contributed by atoms with E-state index < -0.39 is 12.0 Å². The molecule has 1 aromatic carbocycles. The molecule has 1 aromatic rings. The van der Waals surface area contributed by atoms with Gasteiger partial charge >= 0.3 is 5.97 Å².